The third-order valence-corrected chi connectivity index (χ3v) is 5.70. The molecule has 2 aromatic rings. The molecule has 0 aliphatic heterocycles. The molecule has 0 radical (unpaired) electrons. The predicted octanol–water partition coefficient (Wildman–Crippen LogP) is 2.15. The Hall–Kier alpha value is -2.87. The topological polar surface area (TPSA) is 84.0 Å². The van der Waals surface area contributed by atoms with Crippen molar-refractivity contribution < 1.29 is 22.7 Å². The highest BCUT2D eigenvalue weighted by Gasteiger charge is 2.24. The third kappa shape index (κ3) is 4.65. The number of nitrogens with zero attached hydrogens (tertiary/aromatic N) is 2. The summed E-state index contributed by atoms with van der Waals surface area (Å²) in [7, 11) is 0.692. The molecule has 0 saturated carbocycles. The second-order valence-electron chi connectivity index (χ2n) is 6.12. The Morgan fingerprint density at radius 3 is 2.19 bits per heavy atom. The Bertz CT molecular complexity index is 926. The first kappa shape index (κ1) is 20.4. The average Bonchev–Trinajstić information content (AvgIpc) is 2.67. The van der Waals surface area contributed by atoms with E-state index in [2.05, 4.69) is 0 Å². The Morgan fingerprint density at radius 1 is 0.963 bits per heavy atom. The number of para-hydroxylation sites is 1. The number of anilines is 1. The number of hydrogen-bond donors (Lipinski definition) is 0. The normalized spacial score (nSPS) is 12.1. The summed E-state index contributed by atoms with van der Waals surface area (Å²) in [5, 5.41) is 0. The number of carbonyl (C=O) groups excluding carboxylic acids is 2. The van der Waals surface area contributed by atoms with Crippen LogP contribution < -0.4 is 4.31 Å². The number of rotatable bonds is 6. The van der Waals surface area contributed by atoms with E-state index in [4.69, 9.17) is 4.74 Å². The summed E-state index contributed by atoms with van der Waals surface area (Å²) in [6.45, 7) is 1.46. The van der Waals surface area contributed by atoms with E-state index < -0.39 is 22.1 Å². The highest BCUT2D eigenvalue weighted by Crippen LogP contribution is 2.22. The molecular weight excluding hydrogens is 368 g/mol. The van der Waals surface area contributed by atoms with E-state index in [0.717, 1.165) is 4.31 Å². The van der Waals surface area contributed by atoms with Gasteiger partial charge in [0.1, 0.15) is 0 Å². The number of amides is 1. The molecule has 7 nitrogen and oxygen atoms in total. The molecule has 2 rings (SSSR count). The first-order chi connectivity index (χ1) is 12.6. The van der Waals surface area contributed by atoms with Crippen LogP contribution in [0.1, 0.15) is 17.3 Å². The summed E-state index contributed by atoms with van der Waals surface area (Å²) < 4.78 is 31.9. The van der Waals surface area contributed by atoms with Gasteiger partial charge in [-0.15, -0.1) is 0 Å². The maximum Gasteiger partial charge on any atom is 0.338 e. The van der Waals surface area contributed by atoms with E-state index in [-0.39, 0.29) is 16.4 Å². The van der Waals surface area contributed by atoms with Gasteiger partial charge in [-0.05, 0) is 37.3 Å². The van der Waals surface area contributed by atoms with Crippen molar-refractivity contribution in [3.8, 4) is 0 Å². The molecule has 1 atom stereocenters. The van der Waals surface area contributed by atoms with Crippen LogP contribution in [0.3, 0.4) is 0 Å². The molecule has 0 unspecified atom stereocenters. The van der Waals surface area contributed by atoms with Gasteiger partial charge in [0, 0.05) is 21.1 Å². The molecule has 0 aromatic heterocycles. The molecule has 2 aromatic carbocycles. The lowest BCUT2D eigenvalue weighted by Crippen LogP contribution is -2.35. The molecule has 0 N–H and O–H groups in total. The van der Waals surface area contributed by atoms with Crippen molar-refractivity contribution in [1.29, 1.82) is 0 Å². The fraction of sp³-hybridized carbons (Fsp3) is 0.263. The standard InChI is InChI=1S/C19H22N2O5S/c1-14(18(22)20(2)3)26-19(23)15-9-8-12-17(13-15)27(24,25)21(4)16-10-6-5-7-11-16/h5-14H,1-4H3/t14-/m0/s1. The molecule has 0 aliphatic rings. The minimum atomic E-state index is -3.86. The first-order valence-corrected chi connectivity index (χ1v) is 9.65. The quantitative estimate of drug-likeness (QED) is 0.706. The molecule has 0 saturated heterocycles. The SMILES string of the molecule is C[C@H](OC(=O)c1cccc(S(=O)(=O)N(C)c2ccccc2)c1)C(=O)N(C)C. The lowest BCUT2D eigenvalue weighted by Gasteiger charge is -2.20. The smallest absolute Gasteiger partial charge is 0.338 e. The van der Waals surface area contributed by atoms with Crippen LogP contribution in [0.15, 0.2) is 59.5 Å². The van der Waals surface area contributed by atoms with Gasteiger partial charge in [0.15, 0.2) is 6.10 Å². The maximum absolute atomic E-state index is 12.8. The van der Waals surface area contributed by atoms with Crippen molar-refractivity contribution in [2.24, 2.45) is 0 Å². The zero-order chi connectivity index (χ0) is 20.2. The van der Waals surface area contributed by atoms with Gasteiger partial charge in [-0.2, -0.15) is 0 Å². The van der Waals surface area contributed by atoms with Crippen molar-refractivity contribution in [3.05, 3.63) is 60.2 Å². The average molecular weight is 390 g/mol. The summed E-state index contributed by atoms with van der Waals surface area (Å²) in [5.41, 5.74) is 0.548. The van der Waals surface area contributed by atoms with Gasteiger partial charge in [0.2, 0.25) is 0 Å². The summed E-state index contributed by atoms with van der Waals surface area (Å²) >= 11 is 0. The van der Waals surface area contributed by atoms with Crippen LogP contribution in [-0.4, -0.2) is 52.4 Å². The number of likely N-dealkylation sites (N-methyl/N-ethyl adjacent to an activating group) is 1. The van der Waals surface area contributed by atoms with E-state index in [9.17, 15) is 18.0 Å². The summed E-state index contributed by atoms with van der Waals surface area (Å²) in [5.74, 6) is -1.13. The molecule has 0 spiro atoms. The van der Waals surface area contributed by atoms with Crippen LogP contribution in [0, 0.1) is 0 Å². The zero-order valence-electron chi connectivity index (χ0n) is 15.6. The van der Waals surface area contributed by atoms with Gasteiger partial charge < -0.3 is 9.64 Å². The van der Waals surface area contributed by atoms with Crippen molar-refractivity contribution in [2.45, 2.75) is 17.9 Å². The summed E-state index contributed by atoms with van der Waals surface area (Å²) in [4.78, 5) is 25.4. The Balaban J connectivity index is 2.26. The van der Waals surface area contributed by atoms with E-state index in [0.29, 0.717) is 5.69 Å². The highest BCUT2D eigenvalue weighted by atomic mass is 32.2. The fourth-order valence-corrected chi connectivity index (χ4v) is 3.60. The number of ether oxygens (including phenoxy) is 1. The molecule has 0 heterocycles. The van der Waals surface area contributed by atoms with Gasteiger partial charge in [-0.3, -0.25) is 9.10 Å². The maximum atomic E-state index is 12.8. The van der Waals surface area contributed by atoms with Crippen LogP contribution in [-0.2, 0) is 19.6 Å². The van der Waals surface area contributed by atoms with Gasteiger partial charge in [0.25, 0.3) is 15.9 Å². The van der Waals surface area contributed by atoms with E-state index in [1.807, 2.05) is 0 Å². The molecule has 8 heteroatoms. The molecule has 0 aliphatic carbocycles. The number of benzene rings is 2. The number of sulfonamides is 1. The molecular formula is C19H22N2O5S. The third-order valence-electron chi connectivity index (χ3n) is 3.92. The lowest BCUT2D eigenvalue weighted by atomic mass is 10.2. The lowest BCUT2D eigenvalue weighted by molar-refractivity contribution is -0.137. The molecule has 0 bridgehead atoms. The van der Waals surface area contributed by atoms with Gasteiger partial charge in [-0.25, -0.2) is 13.2 Å². The first-order valence-electron chi connectivity index (χ1n) is 8.21. The van der Waals surface area contributed by atoms with Crippen LogP contribution in [0.4, 0.5) is 5.69 Å². The Kier molecular flexibility index (Phi) is 6.22. The van der Waals surface area contributed by atoms with Crippen molar-refractivity contribution in [1.82, 2.24) is 4.90 Å². The van der Waals surface area contributed by atoms with Gasteiger partial charge in [0.05, 0.1) is 16.1 Å². The summed E-state index contributed by atoms with van der Waals surface area (Å²) in [6.07, 6.45) is -0.972. The number of hydrogen-bond acceptors (Lipinski definition) is 5. The number of esters is 1. The van der Waals surface area contributed by atoms with E-state index in [1.54, 1.807) is 44.4 Å². The second kappa shape index (κ2) is 8.22. The number of carbonyl (C=O) groups is 2. The molecule has 27 heavy (non-hydrogen) atoms. The van der Waals surface area contributed by atoms with Gasteiger partial charge in [-0.1, -0.05) is 24.3 Å². The minimum absolute atomic E-state index is 0.0464. The van der Waals surface area contributed by atoms with Crippen LogP contribution in [0.5, 0.6) is 0 Å². The second-order valence-corrected chi connectivity index (χ2v) is 8.09. The molecule has 0 fully saturated rings. The predicted molar refractivity (Wildman–Crippen MR) is 102 cm³/mol. The van der Waals surface area contributed by atoms with Crippen LogP contribution in [0.2, 0.25) is 0 Å². The fourth-order valence-electron chi connectivity index (χ4n) is 2.36. The molecule has 1 amide bonds. The highest BCUT2D eigenvalue weighted by molar-refractivity contribution is 7.92. The zero-order valence-corrected chi connectivity index (χ0v) is 16.4. The van der Waals surface area contributed by atoms with Crippen LogP contribution >= 0.6 is 0 Å². The Labute approximate surface area is 159 Å². The Morgan fingerprint density at radius 2 is 1.59 bits per heavy atom. The summed E-state index contributed by atoms with van der Waals surface area (Å²) in [6, 6.07) is 14.1. The van der Waals surface area contributed by atoms with Crippen molar-refractivity contribution in [2.75, 3.05) is 25.4 Å². The van der Waals surface area contributed by atoms with Gasteiger partial charge >= 0.3 is 5.97 Å². The monoisotopic (exact) mass is 390 g/mol. The van der Waals surface area contributed by atoms with Crippen molar-refractivity contribution >= 4 is 27.6 Å². The van der Waals surface area contributed by atoms with E-state index in [1.165, 1.54) is 43.1 Å². The van der Waals surface area contributed by atoms with E-state index >= 15 is 0 Å². The van der Waals surface area contributed by atoms with Crippen molar-refractivity contribution in [3.63, 3.8) is 0 Å². The van der Waals surface area contributed by atoms with Crippen LogP contribution in [0.25, 0.3) is 0 Å². The minimum Gasteiger partial charge on any atom is -0.449 e. The largest absolute Gasteiger partial charge is 0.449 e. The molecule has 144 valence electrons.